The minimum absolute atomic E-state index is 0.112. The highest BCUT2D eigenvalue weighted by molar-refractivity contribution is 7.09. The van der Waals surface area contributed by atoms with E-state index in [-0.39, 0.29) is 5.54 Å². The predicted molar refractivity (Wildman–Crippen MR) is 64.1 cm³/mol. The summed E-state index contributed by atoms with van der Waals surface area (Å²) in [5.74, 6) is 0. The zero-order valence-corrected chi connectivity index (χ0v) is 10.7. The highest BCUT2D eigenvalue weighted by Gasteiger charge is 2.23. The first kappa shape index (κ1) is 12.6. The Morgan fingerprint density at radius 1 is 1.40 bits per heavy atom. The van der Waals surface area contributed by atoms with E-state index in [9.17, 15) is 5.11 Å². The second kappa shape index (κ2) is 4.60. The van der Waals surface area contributed by atoms with Crippen LogP contribution in [-0.2, 0) is 5.54 Å². The topological polar surface area (TPSA) is 45.1 Å². The van der Waals surface area contributed by atoms with Crippen molar-refractivity contribution in [2.45, 2.75) is 45.3 Å². The van der Waals surface area contributed by atoms with Crippen LogP contribution in [0.5, 0.6) is 0 Å². The zero-order valence-electron chi connectivity index (χ0n) is 9.87. The lowest BCUT2D eigenvalue weighted by molar-refractivity contribution is 0.0690. The van der Waals surface area contributed by atoms with E-state index in [4.69, 9.17) is 0 Å². The molecule has 1 heterocycles. The summed E-state index contributed by atoms with van der Waals surface area (Å²) in [5.41, 5.74) is -0.717. The quantitative estimate of drug-likeness (QED) is 0.811. The number of thiazole rings is 1. The second-order valence-electron chi connectivity index (χ2n) is 4.95. The van der Waals surface area contributed by atoms with Crippen LogP contribution in [0.3, 0.4) is 0 Å². The maximum Gasteiger partial charge on any atom is 0.112 e. The molecule has 0 aliphatic heterocycles. The van der Waals surface area contributed by atoms with Crippen molar-refractivity contribution in [2.75, 3.05) is 6.54 Å². The van der Waals surface area contributed by atoms with Crippen molar-refractivity contribution in [1.82, 2.24) is 10.3 Å². The molecule has 0 radical (unpaired) electrons. The number of nitrogens with zero attached hydrogens (tertiary/aromatic N) is 1. The minimum atomic E-state index is -0.605. The average Bonchev–Trinajstić information content (AvgIpc) is 2.52. The van der Waals surface area contributed by atoms with Crippen LogP contribution in [0.2, 0.25) is 0 Å². The summed E-state index contributed by atoms with van der Waals surface area (Å²) in [4.78, 5) is 4.30. The van der Waals surface area contributed by atoms with E-state index >= 15 is 0 Å². The second-order valence-corrected chi connectivity index (χ2v) is 5.85. The molecule has 86 valence electrons. The van der Waals surface area contributed by atoms with Gasteiger partial charge in [0.2, 0.25) is 0 Å². The first-order valence-electron chi connectivity index (χ1n) is 5.19. The lowest BCUT2D eigenvalue weighted by Gasteiger charge is -2.26. The Morgan fingerprint density at radius 3 is 2.53 bits per heavy atom. The molecule has 0 fully saturated rings. The summed E-state index contributed by atoms with van der Waals surface area (Å²) in [5, 5.41) is 16.1. The van der Waals surface area contributed by atoms with Gasteiger partial charge in [0.25, 0.3) is 0 Å². The molecule has 3 nitrogen and oxygen atoms in total. The maximum atomic E-state index is 9.59. The first-order chi connectivity index (χ1) is 6.81. The molecule has 0 saturated carbocycles. The van der Waals surface area contributed by atoms with Gasteiger partial charge in [0.1, 0.15) is 5.01 Å². The molecule has 1 aromatic heterocycles. The SMILES string of the molecule is CC(C)(O)CCNC(C)(C)c1nccs1. The molecule has 0 aromatic carbocycles. The van der Waals surface area contributed by atoms with Crippen LogP contribution in [0.4, 0.5) is 0 Å². The molecule has 1 aromatic rings. The fourth-order valence-electron chi connectivity index (χ4n) is 1.29. The molecule has 0 saturated heterocycles. The number of hydrogen-bond acceptors (Lipinski definition) is 4. The van der Waals surface area contributed by atoms with Gasteiger partial charge in [0, 0.05) is 11.6 Å². The Labute approximate surface area is 95.6 Å². The Bertz CT molecular complexity index is 288. The van der Waals surface area contributed by atoms with Crippen LogP contribution in [-0.4, -0.2) is 22.2 Å². The number of hydrogen-bond donors (Lipinski definition) is 2. The van der Waals surface area contributed by atoms with Crippen LogP contribution < -0.4 is 5.32 Å². The summed E-state index contributed by atoms with van der Waals surface area (Å²) in [6, 6.07) is 0. The summed E-state index contributed by atoms with van der Waals surface area (Å²) in [7, 11) is 0. The van der Waals surface area contributed by atoms with E-state index < -0.39 is 5.60 Å². The normalized spacial score (nSPS) is 13.1. The van der Waals surface area contributed by atoms with E-state index in [1.165, 1.54) is 0 Å². The molecule has 0 aliphatic rings. The van der Waals surface area contributed by atoms with Gasteiger partial charge in [-0.1, -0.05) is 0 Å². The minimum Gasteiger partial charge on any atom is -0.390 e. The fourth-order valence-corrected chi connectivity index (χ4v) is 2.03. The third-order valence-electron chi connectivity index (χ3n) is 2.27. The van der Waals surface area contributed by atoms with Crippen molar-refractivity contribution in [3.8, 4) is 0 Å². The number of rotatable bonds is 5. The van der Waals surface area contributed by atoms with Crippen molar-refractivity contribution < 1.29 is 5.11 Å². The van der Waals surface area contributed by atoms with Gasteiger partial charge in [-0.15, -0.1) is 11.3 Å². The van der Waals surface area contributed by atoms with Crippen LogP contribution >= 0.6 is 11.3 Å². The van der Waals surface area contributed by atoms with Crippen molar-refractivity contribution in [1.29, 1.82) is 0 Å². The van der Waals surface area contributed by atoms with E-state index in [2.05, 4.69) is 24.1 Å². The van der Waals surface area contributed by atoms with E-state index in [0.717, 1.165) is 18.0 Å². The highest BCUT2D eigenvalue weighted by atomic mass is 32.1. The molecule has 0 spiro atoms. The Kier molecular flexibility index (Phi) is 3.87. The van der Waals surface area contributed by atoms with E-state index in [1.807, 2.05) is 25.4 Å². The Balaban J connectivity index is 2.44. The van der Waals surface area contributed by atoms with Gasteiger partial charge >= 0.3 is 0 Å². The molecular weight excluding hydrogens is 208 g/mol. The smallest absolute Gasteiger partial charge is 0.112 e. The third kappa shape index (κ3) is 4.28. The van der Waals surface area contributed by atoms with Gasteiger partial charge in [-0.3, -0.25) is 0 Å². The van der Waals surface area contributed by atoms with E-state index in [0.29, 0.717) is 0 Å². The number of aromatic nitrogens is 1. The van der Waals surface area contributed by atoms with Crippen molar-refractivity contribution >= 4 is 11.3 Å². The van der Waals surface area contributed by atoms with Crippen LogP contribution in [0.1, 0.15) is 39.1 Å². The van der Waals surface area contributed by atoms with Crippen molar-refractivity contribution in [3.63, 3.8) is 0 Å². The number of aliphatic hydroxyl groups is 1. The van der Waals surface area contributed by atoms with Crippen molar-refractivity contribution in [3.05, 3.63) is 16.6 Å². The van der Waals surface area contributed by atoms with E-state index in [1.54, 1.807) is 11.3 Å². The molecular formula is C11H20N2OS. The molecule has 4 heteroatoms. The van der Waals surface area contributed by atoms with Crippen LogP contribution in [0.25, 0.3) is 0 Å². The van der Waals surface area contributed by atoms with Crippen LogP contribution in [0, 0.1) is 0 Å². The monoisotopic (exact) mass is 228 g/mol. The summed E-state index contributed by atoms with van der Waals surface area (Å²) >= 11 is 1.65. The zero-order chi connectivity index (χ0) is 11.5. The summed E-state index contributed by atoms with van der Waals surface area (Å²) in [6.45, 7) is 8.65. The maximum absolute atomic E-state index is 9.59. The average molecular weight is 228 g/mol. The Morgan fingerprint density at radius 2 is 2.07 bits per heavy atom. The highest BCUT2D eigenvalue weighted by Crippen LogP contribution is 2.22. The lowest BCUT2D eigenvalue weighted by atomic mass is 10.0. The van der Waals surface area contributed by atoms with Gasteiger partial charge in [0.05, 0.1) is 11.1 Å². The third-order valence-corrected chi connectivity index (χ3v) is 3.37. The molecule has 2 N–H and O–H groups in total. The van der Waals surface area contributed by atoms with Gasteiger partial charge in [-0.05, 0) is 40.7 Å². The summed E-state index contributed by atoms with van der Waals surface area (Å²) in [6.07, 6.45) is 2.56. The van der Waals surface area contributed by atoms with Gasteiger partial charge < -0.3 is 10.4 Å². The molecule has 1 rings (SSSR count). The van der Waals surface area contributed by atoms with Gasteiger partial charge in [-0.2, -0.15) is 0 Å². The fraction of sp³-hybridized carbons (Fsp3) is 0.727. The van der Waals surface area contributed by atoms with Gasteiger partial charge in [-0.25, -0.2) is 4.98 Å². The lowest BCUT2D eigenvalue weighted by Crippen LogP contribution is -2.39. The molecule has 0 amide bonds. The Hall–Kier alpha value is -0.450. The first-order valence-corrected chi connectivity index (χ1v) is 6.07. The van der Waals surface area contributed by atoms with Gasteiger partial charge in [0.15, 0.2) is 0 Å². The van der Waals surface area contributed by atoms with Crippen LogP contribution in [0.15, 0.2) is 11.6 Å². The molecule has 0 aliphatic carbocycles. The molecule has 0 unspecified atom stereocenters. The largest absolute Gasteiger partial charge is 0.390 e. The van der Waals surface area contributed by atoms with Crippen molar-refractivity contribution in [2.24, 2.45) is 0 Å². The predicted octanol–water partition coefficient (Wildman–Crippen LogP) is 2.13. The standard InChI is InChI=1S/C11H20N2OS/c1-10(2,14)5-6-13-11(3,4)9-12-7-8-15-9/h7-8,13-14H,5-6H2,1-4H3. The summed E-state index contributed by atoms with van der Waals surface area (Å²) < 4.78 is 0. The molecule has 0 atom stereocenters. The number of nitrogens with one attached hydrogen (secondary N) is 1. The molecule has 0 bridgehead atoms. The molecule has 15 heavy (non-hydrogen) atoms.